The third kappa shape index (κ3) is 4.42. The van der Waals surface area contributed by atoms with Crippen molar-refractivity contribution in [2.45, 2.75) is 0 Å². The molecule has 0 saturated heterocycles. The molecule has 0 amide bonds. The predicted molar refractivity (Wildman–Crippen MR) is 203 cm³/mol. The molecule has 2 aromatic heterocycles. The molecule has 228 valence electrons. The monoisotopic (exact) mass is 624 g/mol. The Kier molecular flexibility index (Phi) is 6.15. The molecule has 8 aromatic carbocycles. The molecule has 4 nitrogen and oxygen atoms in total. The maximum atomic E-state index is 5.12. The standard InChI is InChI=1S/C45H28N4/c1-3-13-30(14-4-1)43-46-44(31-15-5-2-6-16-31)48-45(47-43)49-40-22-12-11-21-37(40)42-39-28-33(24-23-29(39)25-26-41(42)49)38-27-32-17-7-8-18-34(32)35-19-9-10-20-36(35)38/h1-28H. The minimum Gasteiger partial charge on any atom is -0.278 e. The molecular formula is C45H28N4. The predicted octanol–water partition coefficient (Wildman–Crippen LogP) is 11.4. The fourth-order valence-electron chi connectivity index (χ4n) is 7.36. The van der Waals surface area contributed by atoms with Crippen LogP contribution in [0.2, 0.25) is 0 Å². The molecule has 0 aliphatic rings. The minimum absolute atomic E-state index is 0.593. The van der Waals surface area contributed by atoms with Gasteiger partial charge in [0.25, 0.3) is 0 Å². The van der Waals surface area contributed by atoms with Crippen molar-refractivity contribution in [3.05, 3.63) is 170 Å². The number of hydrogen-bond acceptors (Lipinski definition) is 3. The first kappa shape index (κ1) is 27.5. The summed E-state index contributed by atoms with van der Waals surface area (Å²) in [7, 11) is 0. The molecular weight excluding hydrogens is 597 g/mol. The maximum absolute atomic E-state index is 5.12. The zero-order valence-electron chi connectivity index (χ0n) is 26.5. The normalized spacial score (nSPS) is 11.7. The Labute approximate surface area is 282 Å². The largest absolute Gasteiger partial charge is 0.278 e. The second kappa shape index (κ2) is 11.0. The van der Waals surface area contributed by atoms with E-state index in [0.717, 1.165) is 27.5 Å². The highest BCUT2D eigenvalue weighted by Crippen LogP contribution is 2.40. The van der Waals surface area contributed by atoms with Crippen LogP contribution in [-0.4, -0.2) is 19.5 Å². The molecule has 0 N–H and O–H groups in total. The lowest BCUT2D eigenvalue weighted by molar-refractivity contribution is 0.953. The van der Waals surface area contributed by atoms with E-state index in [2.05, 4.69) is 114 Å². The summed E-state index contributed by atoms with van der Waals surface area (Å²) >= 11 is 0. The van der Waals surface area contributed by atoms with Gasteiger partial charge in [0.05, 0.1) is 11.0 Å². The molecule has 0 saturated carbocycles. The highest BCUT2D eigenvalue weighted by Gasteiger charge is 2.20. The molecule has 4 heteroatoms. The van der Waals surface area contributed by atoms with Crippen LogP contribution in [0, 0.1) is 0 Å². The van der Waals surface area contributed by atoms with Crippen molar-refractivity contribution in [1.29, 1.82) is 0 Å². The van der Waals surface area contributed by atoms with Crippen molar-refractivity contribution in [3.8, 4) is 39.9 Å². The van der Waals surface area contributed by atoms with Crippen LogP contribution in [0.5, 0.6) is 0 Å². The molecule has 0 spiro atoms. The Morgan fingerprint density at radius 2 is 0.939 bits per heavy atom. The van der Waals surface area contributed by atoms with Gasteiger partial charge in [-0.05, 0) is 67.7 Å². The zero-order chi connectivity index (χ0) is 32.3. The van der Waals surface area contributed by atoms with Crippen LogP contribution in [-0.2, 0) is 0 Å². The number of hydrogen-bond donors (Lipinski definition) is 0. The Hall–Kier alpha value is -6.65. The summed E-state index contributed by atoms with van der Waals surface area (Å²) in [5.41, 5.74) is 6.42. The number of para-hydroxylation sites is 1. The topological polar surface area (TPSA) is 43.6 Å². The van der Waals surface area contributed by atoms with E-state index in [1.165, 1.54) is 48.8 Å². The van der Waals surface area contributed by atoms with Gasteiger partial charge in [-0.3, -0.25) is 4.57 Å². The van der Waals surface area contributed by atoms with Crippen molar-refractivity contribution in [2.24, 2.45) is 0 Å². The minimum atomic E-state index is 0.593. The van der Waals surface area contributed by atoms with E-state index in [9.17, 15) is 0 Å². The van der Waals surface area contributed by atoms with Gasteiger partial charge in [0.2, 0.25) is 5.95 Å². The van der Waals surface area contributed by atoms with Crippen molar-refractivity contribution >= 4 is 54.1 Å². The van der Waals surface area contributed by atoms with E-state index < -0.39 is 0 Å². The van der Waals surface area contributed by atoms with Gasteiger partial charge >= 0.3 is 0 Å². The van der Waals surface area contributed by atoms with Gasteiger partial charge in [0.1, 0.15) is 0 Å². The molecule has 10 aromatic rings. The molecule has 0 fully saturated rings. The first-order valence-corrected chi connectivity index (χ1v) is 16.5. The molecule has 0 radical (unpaired) electrons. The van der Waals surface area contributed by atoms with Gasteiger partial charge in [0, 0.05) is 21.9 Å². The summed E-state index contributed by atoms with van der Waals surface area (Å²) in [6, 6.07) is 59.9. The number of rotatable bonds is 4. The molecule has 10 rings (SSSR count). The lowest BCUT2D eigenvalue weighted by atomic mass is 9.91. The van der Waals surface area contributed by atoms with Crippen LogP contribution in [0.15, 0.2) is 170 Å². The van der Waals surface area contributed by atoms with E-state index in [0.29, 0.717) is 17.6 Å². The molecule has 0 bridgehead atoms. The van der Waals surface area contributed by atoms with E-state index in [1.54, 1.807) is 0 Å². The highest BCUT2D eigenvalue weighted by molar-refractivity contribution is 6.22. The molecule has 0 unspecified atom stereocenters. The number of nitrogens with zero attached hydrogens (tertiary/aromatic N) is 4. The summed E-state index contributed by atoms with van der Waals surface area (Å²) in [5.74, 6) is 1.87. The Morgan fingerprint density at radius 1 is 0.347 bits per heavy atom. The Bertz CT molecular complexity index is 2820. The average molecular weight is 625 g/mol. The van der Waals surface area contributed by atoms with E-state index in [-0.39, 0.29) is 0 Å². The molecule has 0 aliphatic carbocycles. The summed E-state index contributed by atoms with van der Waals surface area (Å²) < 4.78 is 2.20. The summed E-state index contributed by atoms with van der Waals surface area (Å²) in [4.78, 5) is 15.2. The van der Waals surface area contributed by atoms with Crippen molar-refractivity contribution in [3.63, 3.8) is 0 Å². The van der Waals surface area contributed by atoms with Crippen molar-refractivity contribution in [2.75, 3.05) is 0 Å². The van der Waals surface area contributed by atoms with Crippen LogP contribution in [0.3, 0.4) is 0 Å². The number of benzene rings is 8. The Balaban J connectivity index is 1.26. The maximum Gasteiger partial charge on any atom is 0.238 e. The fourth-order valence-corrected chi connectivity index (χ4v) is 7.36. The van der Waals surface area contributed by atoms with Gasteiger partial charge in [-0.25, -0.2) is 4.98 Å². The van der Waals surface area contributed by atoms with Crippen LogP contribution >= 0.6 is 0 Å². The SMILES string of the molecule is c1ccc(-c2nc(-c3ccccc3)nc(-n3c4ccccc4c4c5cc(-c6cc7ccccc7c7ccccc67)ccc5ccc43)n2)cc1. The number of fused-ring (bicyclic) bond motifs is 8. The molecule has 0 atom stereocenters. The zero-order valence-corrected chi connectivity index (χ0v) is 26.5. The van der Waals surface area contributed by atoms with Crippen LogP contribution < -0.4 is 0 Å². The van der Waals surface area contributed by atoms with Gasteiger partial charge in [-0.15, -0.1) is 0 Å². The highest BCUT2D eigenvalue weighted by atomic mass is 15.2. The quantitative estimate of drug-likeness (QED) is 0.183. The van der Waals surface area contributed by atoms with Gasteiger partial charge < -0.3 is 0 Å². The summed E-state index contributed by atoms with van der Waals surface area (Å²) in [6.07, 6.45) is 0. The van der Waals surface area contributed by atoms with Gasteiger partial charge in [-0.2, -0.15) is 9.97 Å². The van der Waals surface area contributed by atoms with Crippen LogP contribution in [0.1, 0.15) is 0 Å². The smallest absolute Gasteiger partial charge is 0.238 e. The Morgan fingerprint density at radius 3 is 1.67 bits per heavy atom. The summed E-state index contributed by atoms with van der Waals surface area (Å²) in [6.45, 7) is 0. The third-order valence-electron chi connectivity index (χ3n) is 9.62. The summed E-state index contributed by atoms with van der Waals surface area (Å²) in [5, 5.41) is 9.76. The lowest BCUT2D eigenvalue weighted by Gasteiger charge is -2.13. The third-order valence-corrected chi connectivity index (χ3v) is 9.62. The molecule has 2 heterocycles. The first-order valence-electron chi connectivity index (χ1n) is 16.5. The molecule has 49 heavy (non-hydrogen) atoms. The van der Waals surface area contributed by atoms with Gasteiger partial charge in [-0.1, -0.05) is 146 Å². The number of aromatic nitrogens is 4. The van der Waals surface area contributed by atoms with E-state index >= 15 is 0 Å². The second-order valence-corrected chi connectivity index (χ2v) is 12.5. The second-order valence-electron chi connectivity index (χ2n) is 12.5. The van der Waals surface area contributed by atoms with E-state index in [4.69, 9.17) is 15.0 Å². The van der Waals surface area contributed by atoms with Crippen molar-refractivity contribution < 1.29 is 0 Å². The lowest BCUT2D eigenvalue weighted by Crippen LogP contribution is -2.06. The van der Waals surface area contributed by atoms with Crippen LogP contribution in [0.25, 0.3) is 94.0 Å². The average Bonchev–Trinajstić information content (AvgIpc) is 3.53. The van der Waals surface area contributed by atoms with Gasteiger partial charge in [0.15, 0.2) is 11.6 Å². The first-order chi connectivity index (χ1) is 24.3. The fraction of sp³-hybridized carbons (Fsp3) is 0. The molecule has 0 aliphatic heterocycles. The van der Waals surface area contributed by atoms with Crippen LogP contribution in [0.4, 0.5) is 0 Å². The van der Waals surface area contributed by atoms with E-state index in [1.807, 2.05) is 60.7 Å². The van der Waals surface area contributed by atoms with Crippen molar-refractivity contribution in [1.82, 2.24) is 19.5 Å².